The van der Waals surface area contributed by atoms with E-state index >= 15 is 0 Å². The number of hydrogen-bond acceptors (Lipinski definition) is 6. The largest absolute Gasteiger partial charge is 0.475 e. The molecule has 0 unspecified atom stereocenters. The zero-order valence-electron chi connectivity index (χ0n) is 11.9. The van der Waals surface area contributed by atoms with Crippen molar-refractivity contribution in [3.63, 3.8) is 0 Å². The first-order valence-electron chi connectivity index (χ1n) is 6.30. The lowest BCUT2D eigenvalue weighted by Gasteiger charge is -2.06. The molecule has 0 aliphatic rings. The zero-order chi connectivity index (χ0) is 16.3. The van der Waals surface area contributed by atoms with E-state index in [2.05, 4.69) is 10.1 Å². The summed E-state index contributed by atoms with van der Waals surface area (Å²) in [5.41, 5.74) is 1.16. The van der Waals surface area contributed by atoms with Gasteiger partial charge in [0.25, 0.3) is 0 Å². The fraction of sp³-hybridized carbons (Fsp3) is 0.133. The molecule has 1 aromatic heterocycles. The van der Waals surface area contributed by atoms with E-state index in [1.54, 1.807) is 25.1 Å². The third-order valence-corrected chi connectivity index (χ3v) is 2.79. The normalized spacial score (nSPS) is 11.3. The van der Waals surface area contributed by atoms with Gasteiger partial charge in [-0.2, -0.15) is 0 Å². The van der Waals surface area contributed by atoms with Crippen LogP contribution in [0.15, 0.2) is 45.4 Å². The molecular weight excluding hydrogens is 290 g/mol. The number of aliphatic carboxylic acids is 1. The van der Waals surface area contributed by atoms with Gasteiger partial charge in [0.2, 0.25) is 5.76 Å². The number of carbonyl (C=O) groups is 2. The first-order valence-corrected chi connectivity index (χ1v) is 6.30. The predicted molar refractivity (Wildman–Crippen MR) is 78.3 cm³/mol. The van der Waals surface area contributed by atoms with Crippen molar-refractivity contribution in [2.45, 2.75) is 13.8 Å². The molecule has 0 saturated carbocycles. The maximum atomic E-state index is 11.4. The number of fused-ring (bicyclic) bond motifs is 1. The number of anilines is 1. The Morgan fingerprint density at radius 3 is 2.68 bits per heavy atom. The van der Waals surface area contributed by atoms with Crippen molar-refractivity contribution in [1.82, 2.24) is 0 Å². The third-order valence-electron chi connectivity index (χ3n) is 2.79. The number of rotatable bonds is 4. The van der Waals surface area contributed by atoms with Crippen molar-refractivity contribution in [3.8, 4) is 0 Å². The van der Waals surface area contributed by atoms with Gasteiger partial charge in [-0.15, -0.1) is 0 Å². The second-order valence-corrected chi connectivity index (χ2v) is 4.51. The van der Waals surface area contributed by atoms with E-state index in [4.69, 9.17) is 9.52 Å². The fourth-order valence-corrected chi connectivity index (χ4v) is 1.85. The van der Waals surface area contributed by atoms with Crippen LogP contribution in [0.25, 0.3) is 11.0 Å². The molecule has 1 aromatic carbocycles. The summed E-state index contributed by atoms with van der Waals surface area (Å²) in [5.74, 6) is -2.67. The molecule has 0 saturated heterocycles. The molecule has 7 nitrogen and oxygen atoms in total. The maximum Gasteiger partial charge on any atom is 0.373 e. The van der Waals surface area contributed by atoms with Crippen LogP contribution in [0, 0.1) is 6.92 Å². The van der Waals surface area contributed by atoms with E-state index in [0.29, 0.717) is 11.3 Å². The van der Waals surface area contributed by atoms with E-state index < -0.39 is 23.3 Å². The topological polar surface area (TPSA) is 106 Å². The van der Waals surface area contributed by atoms with E-state index in [9.17, 15) is 14.4 Å². The van der Waals surface area contributed by atoms with Crippen molar-refractivity contribution in [1.29, 1.82) is 0 Å². The fourth-order valence-electron chi connectivity index (χ4n) is 1.85. The highest BCUT2D eigenvalue weighted by Gasteiger charge is 2.11. The molecule has 0 amide bonds. The van der Waals surface area contributed by atoms with Gasteiger partial charge in [0.05, 0.1) is 6.20 Å². The minimum absolute atomic E-state index is 0.368. The molecular formula is C15H13NO6. The van der Waals surface area contributed by atoms with Gasteiger partial charge in [0.15, 0.2) is 0 Å². The summed E-state index contributed by atoms with van der Waals surface area (Å²) in [6, 6.07) is 6.35. The monoisotopic (exact) mass is 303 g/mol. The number of carbonyl (C=O) groups excluding carboxylic acids is 1. The average molecular weight is 303 g/mol. The van der Waals surface area contributed by atoms with E-state index in [1.165, 1.54) is 6.07 Å². The van der Waals surface area contributed by atoms with Crippen molar-refractivity contribution < 1.29 is 23.8 Å². The molecule has 114 valence electrons. The predicted octanol–water partition coefficient (Wildman–Crippen LogP) is 2.00. The molecule has 7 heteroatoms. The van der Waals surface area contributed by atoms with Crippen LogP contribution in [-0.4, -0.2) is 17.0 Å². The molecule has 0 spiro atoms. The van der Waals surface area contributed by atoms with E-state index in [1.807, 2.05) is 0 Å². The third kappa shape index (κ3) is 3.51. The Kier molecular flexibility index (Phi) is 4.26. The smallest absolute Gasteiger partial charge is 0.373 e. The minimum atomic E-state index is -1.38. The molecule has 0 aliphatic carbocycles. The Labute approximate surface area is 124 Å². The Bertz CT molecular complexity index is 834. The number of ether oxygens (including phenoxy) is 1. The van der Waals surface area contributed by atoms with Gasteiger partial charge < -0.3 is 19.6 Å². The Hall–Kier alpha value is -3.09. The van der Waals surface area contributed by atoms with Crippen LogP contribution in [-0.2, 0) is 14.3 Å². The second kappa shape index (κ2) is 6.13. The lowest BCUT2D eigenvalue weighted by atomic mass is 10.1. The van der Waals surface area contributed by atoms with Crippen molar-refractivity contribution >= 4 is 28.6 Å². The Balaban J connectivity index is 2.33. The van der Waals surface area contributed by atoms with Crippen molar-refractivity contribution in [3.05, 3.63) is 52.2 Å². The highest BCUT2D eigenvalue weighted by molar-refractivity contribution is 5.88. The number of nitrogens with one attached hydrogen (secondary N) is 1. The van der Waals surface area contributed by atoms with E-state index in [-0.39, 0.29) is 0 Å². The first-order chi connectivity index (χ1) is 10.4. The second-order valence-electron chi connectivity index (χ2n) is 4.51. The molecule has 2 rings (SSSR count). The Morgan fingerprint density at radius 1 is 1.32 bits per heavy atom. The van der Waals surface area contributed by atoms with Gasteiger partial charge in [-0.3, -0.25) is 4.79 Å². The number of aryl methyl sites for hydroxylation is 1. The highest BCUT2D eigenvalue weighted by atomic mass is 16.6. The molecule has 2 aromatic rings. The molecule has 0 radical (unpaired) electrons. The van der Waals surface area contributed by atoms with Gasteiger partial charge >= 0.3 is 17.6 Å². The van der Waals surface area contributed by atoms with Crippen LogP contribution >= 0.6 is 0 Å². The van der Waals surface area contributed by atoms with E-state index in [0.717, 1.165) is 24.1 Å². The lowest BCUT2D eigenvalue weighted by Crippen LogP contribution is -2.10. The number of carboxylic acids is 1. The van der Waals surface area contributed by atoms with Crippen LogP contribution in [0.2, 0.25) is 0 Å². The van der Waals surface area contributed by atoms with Gasteiger partial charge in [-0.05, 0) is 24.6 Å². The molecule has 0 atom stereocenters. The van der Waals surface area contributed by atoms with Crippen molar-refractivity contribution in [2.24, 2.45) is 0 Å². The summed E-state index contributed by atoms with van der Waals surface area (Å²) >= 11 is 0. The molecule has 2 N–H and O–H groups in total. The molecule has 0 aliphatic heterocycles. The lowest BCUT2D eigenvalue weighted by molar-refractivity contribution is -0.146. The number of benzene rings is 1. The summed E-state index contributed by atoms with van der Waals surface area (Å²) in [6.45, 7) is 2.89. The summed E-state index contributed by atoms with van der Waals surface area (Å²) in [6.07, 6.45) is 1.04. The summed E-state index contributed by atoms with van der Waals surface area (Å²) in [4.78, 5) is 33.1. The van der Waals surface area contributed by atoms with Crippen LogP contribution < -0.4 is 10.9 Å². The van der Waals surface area contributed by atoms with Gasteiger partial charge in [0.1, 0.15) is 5.58 Å². The number of esters is 1. The highest BCUT2D eigenvalue weighted by Crippen LogP contribution is 2.20. The first kappa shape index (κ1) is 15.3. The minimum Gasteiger partial charge on any atom is -0.475 e. The summed E-state index contributed by atoms with van der Waals surface area (Å²) < 4.78 is 9.63. The SMILES string of the molecule is CC(=O)O/C(=C\Nc1ccc2c(C)cc(=O)oc2c1)C(=O)O. The molecule has 0 bridgehead atoms. The Morgan fingerprint density at radius 2 is 2.05 bits per heavy atom. The average Bonchev–Trinajstić information content (AvgIpc) is 2.42. The maximum absolute atomic E-state index is 11.4. The summed E-state index contributed by atoms with van der Waals surface area (Å²) in [7, 11) is 0. The van der Waals surface area contributed by atoms with Crippen LogP contribution in [0.4, 0.5) is 5.69 Å². The van der Waals surface area contributed by atoms with Gasteiger partial charge in [-0.1, -0.05) is 0 Å². The van der Waals surface area contributed by atoms with Gasteiger partial charge in [-0.25, -0.2) is 9.59 Å². The van der Waals surface area contributed by atoms with Crippen LogP contribution in [0.5, 0.6) is 0 Å². The standard InChI is InChI=1S/C15H13NO6/c1-8-5-14(18)22-12-6-10(3-4-11(8)12)16-7-13(15(19)20)21-9(2)17/h3-7,16H,1-2H3,(H,19,20)/b13-7-. The van der Waals surface area contributed by atoms with Crippen LogP contribution in [0.1, 0.15) is 12.5 Å². The molecule has 22 heavy (non-hydrogen) atoms. The molecule has 1 heterocycles. The van der Waals surface area contributed by atoms with Crippen LogP contribution in [0.3, 0.4) is 0 Å². The zero-order valence-corrected chi connectivity index (χ0v) is 11.9. The number of carboxylic acid groups (broad SMARTS) is 1. The quantitative estimate of drug-likeness (QED) is 0.385. The summed E-state index contributed by atoms with van der Waals surface area (Å²) in [5, 5.41) is 12.4. The van der Waals surface area contributed by atoms with Crippen molar-refractivity contribution in [2.75, 3.05) is 5.32 Å². The molecule has 0 fully saturated rings. The van der Waals surface area contributed by atoms with Gasteiger partial charge in [0, 0.05) is 30.1 Å². The number of hydrogen-bond donors (Lipinski definition) is 2.